The fourth-order valence-corrected chi connectivity index (χ4v) is 4.24. The molecule has 0 atom stereocenters. The number of halogens is 3. The number of rotatable bonds is 8. The molecule has 0 saturated carbocycles. The molecule has 0 radical (unpaired) electrons. The highest BCUT2D eigenvalue weighted by Gasteiger charge is 2.25. The molecule has 3 aromatic carbocycles. The molecule has 3 nitrogen and oxygen atoms in total. The Hall–Kier alpha value is -2.83. The molecule has 1 fully saturated rings. The lowest BCUT2D eigenvalue weighted by atomic mass is 9.95. The molecular weight excluding hydrogens is 441 g/mol. The third kappa shape index (κ3) is 5.29. The number of unbranched alkanes of at least 4 members (excludes halogenated alkanes) is 2. The molecule has 0 N–H and O–H groups in total. The first-order chi connectivity index (χ1) is 16.5. The first kappa shape index (κ1) is 24.3. The van der Waals surface area contributed by atoms with Gasteiger partial charge in [-0.25, -0.2) is 8.78 Å². The van der Waals surface area contributed by atoms with Crippen molar-refractivity contribution in [2.24, 2.45) is 0 Å². The molecule has 0 bridgehead atoms. The van der Waals surface area contributed by atoms with E-state index in [0.29, 0.717) is 29.9 Å². The van der Waals surface area contributed by atoms with Crippen LogP contribution >= 0.6 is 0 Å². The summed E-state index contributed by atoms with van der Waals surface area (Å²) >= 11 is 0. The minimum absolute atomic E-state index is 0.136. The van der Waals surface area contributed by atoms with Crippen molar-refractivity contribution in [1.82, 2.24) is 0 Å². The van der Waals surface area contributed by atoms with Crippen molar-refractivity contribution in [1.29, 1.82) is 0 Å². The van der Waals surface area contributed by atoms with E-state index in [1.54, 1.807) is 30.3 Å². The SMILES string of the molecule is CCCCCC1OCC(c2ccc(-c3ccc(-c4ccc(OC)c(F)c4F)cc3)cc2F)CO1. The molecular formula is C28H29F3O3. The highest BCUT2D eigenvalue weighted by atomic mass is 19.2. The summed E-state index contributed by atoms with van der Waals surface area (Å²) in [5.41, 5.74) is 2.70. The van der Waals surface area contributed by atoms with E-state index in [2.05, 4.69) is 6.92 Å². The Bertz CT molecular complexity index is 1110. The summed E-state index contributed by atoms with van der Waals surface area (Å²) in [4.78, 5) is 0. The van der Waals surface area contributed by atoms with Crippen molar-refractivity contribution in [2.45, 2.75) is 44.8 Å². The second-order valence-electron chi connectivity index (χ2n) is 8.55. The van der Waals surface area contributed by atoms with Crippen LogP contribution in [0.2, 0.25) is 0 Å². The molecule has 0 unspecified atom stereocenters. The van der Waals surface area contributed by atoms with Gasteiger partial charge in [-0.2, -0.15) is 4.39 Å². The average molecular weight is 471 g/mol. The van der Waals surface area contributed by atoms with Crippen LogP contribution in [-0.2, 0) is 9.47 Å². The van der Waals surface area contributed by atoms with Crippen molar-refractivity contribution in [3.63, 3.8) is 0 Å². The molecule has 0 aromatic heterocycles. The Morgan fingerprint density at radius 1 is 0.824 bits per heavy atom. The molecule has 3 aromatic rings. The number of ether oxygens (including phenoxy) is 3. The zero-order valence-corrected chi connectivity index (χ0v) is 19.5. The van der Waals surface area contributed by atoms with Crippen LogP contribution in [0.5, 0.6) is 5.75 Å². The number of hydrogen-bond acceptors (Lipinski definition) is 3. The van der Waals surface area contributed by atoms with Gasteiger partial charge in [0.25, 0.3) is 0 Å². The monoisotopic (exact) mass is 470 g/mol. The van der Waals surface area contributed by atoms with E-state index in [9.17, 15) is 13.2 Å². The maximum Gasteiger partial charge on any atom is 0.201 e. The molecule has 1 aliphatic heterocycles. The van der Waals surface area contributed by atoms with Crippen molar-refractivity contribution in [3.8, 4) is 28.0 Å². The van der Waals surface area contributed by atoms with Gasteiger partial charge in [0.2, 0.25) is 5.82 Å². The van der Waals surface area contributed by atoms with E-state index < -0.39 is 11.6 Å². The average Bonchev–Trinajstić information content (AvgIpc) is 2.86. The van der Waals surface area contributed by atoms with E-state index in [4.69, 9.17) is 14.2 Å². The van der Waals surface area contributed by atoms with E-state index in [1.165, 1.54) is 25.3 Å². The largest absolute Gasteiger partial charge is 0.494 e. The standard InChI is InChI=1S/C28H29F3O3/c1-3-4-5-6-26-33-16-21(17-34-26)22-12-11-20(15-24(22)29)18-7-9-19(10-8-18)23-13-14-25(32-2)28(31)27(23)30/h7-15,21,26H,3-6,16-17H2,1-2H3. The zero-order chi connectivity index (χ0) is 24.1. The van der Waals surface area contributed by atoms with Gasteiger partial charge in [-0.1, -0.05) is 56.2 Å². The summed E-state index contributed by atoms with van der Waals surface area (Å²) in [6.07, 6.45) is 4.02. The molecule has 4 rings (SSSR count). The van der Waals surface area contributed by atoms with Crippen LogP contribution in [0.25, 0.3) is 22.3 Å². The van der Waals surface area contributed by atoms with Crippen molar-refractivity contribution >= 4 is 0 Å². The minimum atomic E-state index is -1.02. The molecule has 6 heteroatoms. The van der Waals surface area contributed by atoms with Gasteiger partial charge >= 0.3 is 0 Å². The third-order valence-corrected chi connectivity index (χ3v) is 6.25. The molecule has 1 heterocycles. The summed E-state index contributed by atoms with van der Waals surface area (Å²) < 4.78 is 59.8. The normalized spacial score (nSPS) is 18.1. The molecule has 0 amide bonds. The Labute approximate surface area is 198 Å². The molecule has 34 heavy (non-hydrogen) atoms. The summed E-state index contributed by atoms with van der Waals surface area (Å²) in [7, 11) is 1.29. The van der Waals surface area contributed by atoms with Crippen molar-refractivity contribution < 1.29 is 27.4 Å². The van der Waals surface area contributed by atoms with Crippen LogP contribution in [0.4, 0.5) is 13.2 Å². The van der Waals surface area contributed by atoms with E-state index in [0.717, 1.165) is 31.2 Å². The highest BCUT2D eigenvalue weighted by molar-refractivity contribution is 5.71. The Balaban J connectivity index is 1.45. The van der Waals surface area contributed by atoms with E-state index >= 15 is 0 Å². The lowest BCUT2D eigenvalue weighted by Crippen LogP contribution is -2.31. The maximum atomic E-state index is 15.0. The second-order valence-corrected chi connectivity index (χ2v) is 8.55. The number of benzene rings is 3. The summed E-state index contributed by atoms with van der Waals surface area (Å²) in [6, 6.07) is 14.9. The Kier molecular flexibility index (Phi) is 7.91. The van der Waals surface area contributed by atoms with Crippen LogP contribution in [0.1, 0.15) is 44.1 Å². The fraction of sp³-hybridized carbons (Fsp3) is 0.357. The van der Waals surface area contributed by atoms with Gasteiger partial charge in [0.1, 0.15) is 5.82 Å². The lowest BCUT2D eigenvalue weighted by Gasteiger charge is -2.30. The first-order valence-corrected chi connectivity index (χ1v) is 11.7. The molecule has 1 saturated heterocycles. The van der Waals surface area contributed by atoms with Gasteiger partial charge in [0.05, 0.1) is 20.3 Å². The molecule has 0 spiro atoms. The molecule has 1 aliphatic rings. The predicted molar refractivity (Wildman–Crippen MR) is 126 cm³/mol. The molecule has 180 valence electrons. The van der Waals surface area contributed by atoms with Gasteiger partial charge < -0.3 is 14.2 Å². The van der Waals surface area contributed by atoms with Gasteiger partial charge in [-0.15, -0.1) is 0 Å². The molecule has 0 aliphatic carbocycles. The second kappa shape index (κ2) is 11.1. The summed E-state index contributed by atoms with van der Waals surface area (Å²) in [5, 5.41) is 0. The minimum Gasteiger partial charge on any atom is -0.494 e. The predicted octanol–water partition coefficient (Wildman–Crippen LogP) is 7.48. The zero-order valence-electron chi connectivity index (χ0n) is 19.5. The number of methoxy groups -OCH3 is 1. The van der Waals surface area contributed by atoms with Crippen LogP contribution in [0, 0.1) is 17.5 Å². The van der Waals surface area contributed by atoms with Crippen LogP contribution in [-0.4, -0.2) is 26.6 Å². The van der Waals surface area contributed by atoms with Crippen LogP contribution in [0.3, 0.4) is 0 Å². The Morgan fingerprint density at radius 3 is 2.15 bits per heavy atom. The smallest absolute Gasteiger partial charge is 0.201 e. The Morgan fingerprint density at radius 2 is 1.50 bits per heavy atom. The summed E-state index contributed by atoms with van der Waals surface area (Å²) in [5.74, 6) is -2.59. The van der Waals surface area contributed by atoms with E-state index in [1.807, 2.05) is 6.07 Å². The fourth-order valence-electron chi connectivity index (χ4n) is 4.24. The third-order valence-electron chi connectivity index (χ3n) is 6.25. The number of hydrogen-bond donors (Lipinski definition) is 0. The van der Waals surface area contributed by atoms with Gasteiger partial charge in [-0.3, -0.25) is 0 Å². The quantitative estimate of drug-likeness (QED) is 0.319. The van der Waals surface area contributed by atoms with Crippen molar-refractivity contribution in [3.05, 3.63) is 77.6 Å². The van der Waals surface area contributed by atoms with Gasteiger partial charge in [0, 0.05) is 11.5 Å². The van der Waals surface area contributed by atoms with Crippen LogP contribution in [0.15, 0.2) is 54.6 Å². The highest BCUT2D eigenvalue weighted by Crippen LogP contribution is 2.33. The maximum absolute atomic E-state index is 15.0. The topological polar surface area (TPSA) is 27.7 Å². The van der Waals surface area contributed by atoms with Crippen LogP contribution < -0.4 is 4.74 Å². The van der Waals surface area contributed by atoms with E-state index in [-0.39, 0.29) is 29.3 Å². The lowest BCUT2D eigenvalue weighted by molar-refractivity contribution is -0.190. The van der Waals surface area contributed by atoms with Gasteiger partial charge in [-0.05, 0) is 53.3 Å². The summed E-state index contributed by atoms with van der Waals surface area (Å²) in [6.45, 7) is 3.03. The first-order valence-electron chi connectivity index (χ1n) is 11.7. The van der Waals surface area contributed by atoms with Gasteiger partial charge in [0.15, 0.2) is 17.9 Å². The van der Waals surface area contributed by atoms with Crippen molar-refractivity contribution in [2.75, 3.05) is 20.3 Å².